The van der Waals surface area contributed by atoms with Crippen molar-refractivity contribution in [1.82, 2.24) is 0 Å². The average molecular weight is 461 g/mol. The molecule has 0 spiro atoms. The number of hydrogen-bond acceptors (Lipinski definition) is 6. The lowest BCUT2D eigenvalue weighted by molar-refractivity contribution is -0.159. The Balaban J connectivity index is 3.00. The molecule has 0 unspecified atom stereocenters. The molecule has 0 radical (unpaired) electrons. The van der Waals surface area contributed by atoms with Crippen molar-refractivity contribution in [2.24, 2.45) is 0 Å². The van der Waals surface area contributed by atoms with Crippen LogP contribution in [0.15, 0.2) is 12.2 Å². The monoisotopic (exact) mass is 460 g/mol. The van der Waals surface area contributed by atoms with E-state index in [1.54, 1.807) is 12.2 Å². The molecule has 1 aliphatic rings. The van der Waals surface area contributed by atoms with Crippen molar-refractivity contribution in [1.29, 1.82) is 0 Å². The van der Waals surface area contributed by atoms with E-state index in [4.69, 9.17) is 18.3 Å². The molecule has 0 aromatic heterocycles. The molecule has 0 bridgehead atoms. The molecule has 0 amide bonds. The standard InChI is InChI=1S/C22H44O6Si2/c1-16(23)27-18-13-12-17(24)19(14-25-29(8,9)21(2,3)4)28-20(18)15-26-30(10,11)22(5,6)7/h12-13,17-20,24H,14-15H2,1-11H3/t17-,18+,19+,20-/m0/s1. The second kappa shape index (κ2) is 9.96. The van der Waals surface area contributed by atoms with Gasteiger partial charge in [-0.15, -0.1) is 0 Å². The van der Waals surface area contributed by atoms with E-state index in [0.29, 0.717) is 6.61 Å². The van der Waals surface area contributed by atoms with E-state index in [1.807, 2.05) is 0 Å². The molecule has 6 nitrogen and oxygen atoms in total. The Morgan fingerprint density at radius 1 is 0.900 bits per heavy atom. The van der Waals surface area contributed by atoms with Gasteiger partial charge in [0.1, 0.15) is 24.4 Å². The van der Waals surface area contributed by atoms with Crippen molar-refractivity contribution in [2.75, 3.05) is 13.2 Å². The molecule has 0 fully saturated rings. The second-order valence-corrected chi connectivity index (χ2v) is 20.9. The van der Waals surface area contributed by atoms with Gasteiger partial charge in [-0.05, 0) is 42.3 Å². The Bertz CT molecular complexity index is 604. The Morgan fingerprint density at radius 3 is 1.73 bits per heavy atom. The Hall–Kier alpha value is -0.516. The van der Waals surface area contributed by atoms with Gasteiger partial charge in [0.05, 0.1) is 13.2 Å². The number of rotatable bonds is 7. The van der Waals surface area contributed by atoms with Crippen LogP contribution in [0, 0.1) is 0 Å². The van der Waals surface area contributed by atoms with Gasteiger partial charge in [0, 0.05) is 6.92 Å². The molecule has 0 aliphatic carbocycles. The van der Waals surface area contributed by atoms with Crippen molar-refractivity contribution in [3.05, 3.63) is 12.2 Å². The molecule has 176 valence electrons. The number of hydrogen-bond donors (Lipinski definition) is 1. The smallest absolute Gasteiger partial charge is 0.303 e. The van der Waals surface area contributed by atoms with Crippen molar-refractivity contribution in [3.8, 4) is 0 Å². The number of ether oxygens (including phenoxy) is 2. The van der Waals surface area contributed by atoms with E-state index < -0.39 is 47.0 Å². The van der Waals surface area contributed by atoms with Crippen molar-refractivity contribution in [3.63, 3.8) is 0 Å². The van der Waals surface area contributed by atoms with Gasteiger partial charge >= 0.3 is 5.97 Å². The van der Waals surface area contributed by atoms with Crippen LogP contribution in [0.5, 0.6) is 0 Å². The number of aliphatic hydroxyl groups is 1. The summed E-state index contributed by atoms with van der Waals surface area (Å²) in [6.45, 7) is 23.7. The molecular formula is C22H44O6Si2. The quantitative estimate of drug-likeness (QED) is 0.339. The lowest BCUT2D eigenvalue weighted by atomic mass is 10.2. The minimum absolute atomic E-state index is 0.0505. The lowest BCUT2D eigenvalue weighted by Gasteiger charge is -2.39. The van der Waals surface area contributed by atoms with Crippen LogP contribution in [0.1, 0.15) is 48.5 Å². The number of carbonyl (C=O) groups is 1. The third-order valence-electron chi connectivity index (χ3n) is 6.73. The summed E-state index contributed by atoms with van der Waals surface area (Å²) in [5.41, 5.74) is 0. The van der Waals surface area contributed by atoms with Crippen LogP contribution in [0.25, 0.3) is 0 Å². The van der Waals surface area contributed by atoms with E-state index in [0.717, 1.165) is 0 Å². The van der Waals surface area contributed by atoms with Crippen LogP contribution in [-0.2, 0) is 23.1 Å². The summed E-state index contributed by atoms with van der Waals surface area (Å²) >= 11 is 0. The predicted molar refractivity (Wildman–Crippen MR) is 126 cm³/mol. The fraction of sp³-hybridized carbons (Fsp3) is 0.864. The van der Waals surface area contributed by atoms with Crippen LogP contribution in [0.2, 0.25) is 36.3 Å². The van der Waals surface area contributed by atoms with Gasteiger partial charge in [-0.25, -0.2) is 0 Å². The Kier molecular flexibility index (Phi) is 9.13. The van der Waals surface area contributed by atoms with Crippen LogP contribution < -0.4 is 0 Å². The van der Waals surface area contributed by atoms with Gasteiger partial charge in [-0.2, -0.15) is 0 Å². The minimum atomic E-state index is -2.02. The number of carbonyl (C=O) groups excluding carboxylic acids is 1. The molecular weight excluding hydrogens is 416 g/mol. The fourth-order valence-corrected chi connectivity index (χ4v) is 4.47. The summed E-state index contributed by atoms with van der Waals surface area (Å²) < 4.78 is 24.4. The largest absolute Gasteiger partial charge is 0.455 e. The van der Waals surface area contributed by atoms with Crippen LogP contribution in [0.4, 0.5) is 0 Å². The maximum Gasteiger partial charge on any atom is 0.303 e. The first-order chi connectivity index (χ1) is 13.4. The van der Waals surface area contributed by atoms with Gasteiger partial charge < -0.3 is 23.4 Å². The summed E-state index contributed by atoms with van der Waals surface area (Å²) in [6, 6.07) is 0. The Morgan fingerprint density at radius 2 is 1.33 bits per heavy atom. The zero-order chi connectivity index (χ0) is 23.5. The predicted octanol–water partition coefficient (Wildman–Crippen LogP) is 4.65. The Labute approximate surface area is 185 Å². The summed E-state index contributed by atoms with van der Waals surface area (Å²) in [5.74, 6) is -0.393. The first-order valence-corrected chi connectivity index (χ1v) is 16.7. The van der Waals surface area contributed by atoms with Gasteiger partial charge in [-0.3, -0.25) is 4.79 Å². The maximum absolute atomic E-state index is 11.6. The van der Waals surface area contributed by atoms with Crippen LogP contribution in [0.3, 0.4) is 0 Å². The highest BCUT2D eigenvalue weighted by Crippen LogP contribution is 2.38. The molecule has 1 aliphatic heterocycles. The topological polar surface area (TPSA) is 74.2 Å². The molecule has 8 heteroatoms. The zero-order valence-electron chi connectivity index (χ0n) is 20.9. The second-order valence-electron chi connectivity index (χ2n) is 11.3. The fourth-order valence-electron chi connectivity index (χ4n) is 2.45. The summed E-state index contributed by atoms with van der Waals surface area (Å²) in [6.07, 6.45) is 0.830. The first-order valence-electron chi connectivity index (χ1n) is 10.8. The highest BCUT2D eigenvalue weighted by Gasteiger charge is 2.41. The normalized spacial score (nSPS) is 26.4. The summed E-state index contributed by atoms with van der Waals surface area (Å²) in [5, 5.41) is 10.7. The minimum Gasteiger partial charge on any atom is -0.455 e. The van der Waals surface area contributed by atoms with Crippen molar-refractivity contribution >= 4 is 22.6 Å². The van der Waals surface area contributed by atoms with Gasteiger partial charge in [0.2, 0.25) is 0 Å². The van der Waals surface area contributed by atoms with E-state index in [1.165, 1.54) is 6.92 Å². The molecule has 1 rings (SSSR count). The average Bonchev–Trinajstić information content (AvgIpc) is 2.68. The van der Waals surface area contributed by atoms with Gasteiger partial charge in [0.25, 0.3) is 0 Å². The molecule has 4 atom stereocenters. The molecule has 30 heavy (non-hydrogen) atoms. The first kappa shape index (κ1) is 27.5. The summed E-state index contributed by atoms with van der Waals surface area (Å²) in [7, 11) is -4.02. The van der Waals surface area contributed by atoms with E-state index in [2.05, 4.69) is 67.7 Å². The molecule has 0 aromatic rings. The van der Waals surface area contributed by atoms with Crippen molar-refractivity contribution in [2.45, 2.75) is 109 Å². The number of aliphatic hydroxyl groups excluding tert-OH is 1. The van der Waals surface area contributed by atoms with E-state index >= 15 is 0 Å². The van der Waals surface area contributed by atoms with E-state index in [-0.39, 0.29) is 16.7 Å². The van der Waals surface area contributed by atoms with Gasteiger partial charge in [-0.1, -0.05) is 47.6 Å². The highest BCUT2D eigenvalue weighted by atomic mass is 28.4. The number of esters is 1. The third kappa shape index (κ3) is 7.56. The molecule has 0 saturated heterocycles. The van der Waals surface area contributed by atoms with Crippen LogP contribution in [-0.4, -0.2) is 65.3 Å². The third-order valence-corrected chi connectivity index (χ3v) is 15.7. The molecule has 0 aromatic carbocycles. The zero-order valence-corrected chi connectivity index (χ0v) is 22.9. The highest BCUT2D eigenvalue weighted by molar-refractivity contribution is 6.74. The SMILES string of the molecule is CC(=O)O[C@@H]1C=C[C@H](O)[C@@H](CO[Si](C)(C)C(C)(C)C)O[C@H]1CO[Si](C)(C)C(C)(C)C. The maximum atomic E-state index is 11.6. The molecule has 1 N–H and O–H groups in total. The van der Waals surface area contributed by atoms with Gasteiger partial charge in [0.15, 0.2) is 16.6 Å². The lowest BCUT2D eigenvalue weighted by Crippen LogP contribution is -2.48. The van der Waals surface area contributed by atoms with E-state index in [9.17, 15) is 9.90 Å². The molecule has 0 saturated carbocycles. The molecule has 1 heterocycles. The van der Waals surface area contributed by atoms with Crippen molar-refractivity contribution < 1.29 is 28.2 Å². The summed E-state index contributed by atoms with van der Waals surface area (Å²) in [4.78, 5) is 11.6. The van der Waals surface area contributed by atoms with Crippen LogP contribution >= 0.6 is 0 Å².